The zero-order valence-corrected chi connectivity index (χ0v) is 8.71. The molecule has 15 heavy (non-hydrogen) atoms. The molecule has 0 unspecified atom stereocenters. The van der Waals surface area contributed by atoms with Crippen molar-refractivity contribution in [1.82, 2.24) is 9.96 Å². The molecule has 0 spiro atoms. The molecule has 6 nitrogen and oxygen atoms in total. The normalized spacial score (nSPS) is 32.4. The zero-order valence-electron chi connectivity index (χ0n) is 8.71. The molecule has 1 saturated heterocycles. The van der Waals surface area contributed by atoms with Crippen molar-refractivity contribution < 1.29 is 19.5 Å². The van der Waals surface area contributed by atoms with E-state index in [0.717, 1.165) is 0 Å². The average Bonchev–Trinajstić information content (AvgIpc) is 2.69. The summed E-state index contributed by atoms with van der Waals surface area (Å²) in [5.41, 5.74) is 0. The zero-order chi connectivity index (χ0) is 11.2. The maximum Gasteiger partial charge on any atom is 0.407 e. The monoisotopic (exact) mass is 214 g/mol. The van der Waals surface area contributed by atoms with Gasteiger partial charge < -0.3 is 10.0 Å². The first-order valence-corrected chi connectivity index (χ1v) is 4.85. The smallest absolute Gasteiger partial charge is 0.407 e. The van der Waals surface area contributed by atoms with Gasteiger partial charge in [-0.15, -0.1) is 0 Å². The molecule has 6 heteroatoms. The lowest BCUT2D eigenvalue weighted by Gasteiger charge is -2.18. The third-order valence-electron chi connectivity index (χ3n) is 3.33. The van der Waals surface area contributed by atoms with E-state index in [2.05, 4.69) is 0 Å². The van der Waals surface area contributed by atoms with E-state index in [-0.39, 0.29) is 23.7 Å². The molecule has 0 aromatic carbocycles. The largest absolute Gasteiger partial charge is 0.465 e. The highest BCUT2D eigenvalue weighted by atomic mass is 16.7. The fraction of sp³-hybridized carbons (Fsp3) is 0.778. The summed E-state index contributed by atoms with van der Waals surface area (Å²) >= 11 is 0. The summed E-state index contributed by atoms with van der Waals surface area (Å²) in [6.45, 7) is 0.960. The Morgan fingerprint density at radius 1 is 1.40 bits per heavy atom. The van der Waals surface area contributed by atoms with Crippen molar-refractivity contribution in [2.24, 2.45) is 17.8 Å². The van der Waals surface area contributed by atoms with Gasteiger partial charge in [-0.25, -0.2) is 9.86 Å². The third kappa shape index (κ3) is 1.54. The number of likely N-dealkylation sites (tertiary alicyclic amines) is 1. The number of fused-ring (bicyclic) bond motifs is 1. The van der Waals surface area contributed by atoms with Gasteiger partial charge in [-0.2, -0.15) is 0 Å². The first kappa shape index (κ1) is 10.2. The van der Waals surface area contributed by atoms with E-state index in [4.69, 9.17) is 9.94 Å². The van der Waals surface area contributed by atoms with E-state index >= 15 is 0 Å². The summed E-state index contributed by atoms with van der Waals surface area (Å²) in [6, 6.07) is 0. The summed E-state index contributed by atoms with van der Waals surface area (Å²) < 4.78 is 0. The fourth-order valence-corrected chi connectivity index (χ4v) is 2.35. The van der Waals surface area contributed by atoms with Crippen LogP contribution in [-0.4, -0.2) is 54.3 Å². The topological polar surface area (TPSA) is 70.1 Å². The van der Waals surface area contributed by atoms with Crippen LogP contribution in [0.1, 0.15) is 0 Å². The van der Waals surface area contributed by atoms with E-state index in [1.54, 1.807) is 7.05 Å². The molecular weight excluding hydrogens is 200 g/mol. The SMILES string of the molecule is CON(C)C(=O)[C@H]1[C@@H]2CN(C(=O)O)C[C@@H]21. The number of carbonyl (C=O) groups is 2. The van der Waals surface area contributed by atoms with Crippen molar-refractivity contribution in [3.05, 3.63) is 0 Å². The molecule has 1 saturated carbocycles. The molecule has 0 radical (unpaired) electrons. The highest BCUT2D eigenvalue weighted by Gasteiger charge is 2.61. The van der Waals surface area contributed by atoms with Gasteiger partial charge in [0.15, 0.2) is 0 Å². The minimum absolute atomic E-state index is 0.0365. The number of hydroxylamine groups is 2. The number of hydrogen-bond acceptors (Lipinski definition) is 3. The average molecular weight is 214 g/mol. The van der Waals surface area contributed by atoms with Crippen LogP contribution in [0.5, 0.6) is 0 Å². The number of nitrogens with zero attached hydrogens (tertiary/aromatic N) is 2. The Hall–Kier alpha value is -1.30. The number of hydrogen-bond donors (Lipinski definition) is 1. The molecule has 2 aliphatic rings. The summed E-state index contributed by atoms with van der Waals surface area (Å²) in [5, 5.41) is 9.95. The van der Waals surface area contributed by atoms with Crippen LogP contribution in [0.4, 0.5) is 4.79 Å². The number of amides is 2. The third-order valence-corrected chi connectivity index (χ3v) is 3.33. The maximum absolute atomic E-state index is 11.7. The predicted octanol–water partition coefficient (Wildman–Crippen LogP) is -0.138. The van der Waals surface area contributed by atoms with Crippen LogP contribution in [0.2, 0.25) is 0 Å². The molecule has 3 atom stereocenters. The number of rotatable bonds is 2. The molecule has 0 bridgehead atoms. The highest BCUT2D eigenvalue weighted by molar-refractivity contribution is 5.82. The highest BCUT2D eigenvalue weighted by Crippen LogP contribution is 2.52. The van der Waals surface area contributed by atoms with Crippen molar-refractivity contribution in [1.29, 1.82) is 0 Å². The fourth-order valence-electron chi connectivity index (χ4n) is 2.35. The van der Waals surface area contributed by atoms with Gasteiger partial charge in [0.2, 0.25) is 5.91 Å². The lowest BCUT2D eigenvalue weighted by molar-refractivity contribution is -0.171. The molecule has 2 amide bonds. The Labute approximate surface area is 87.4 Å². The Balaban J connectivity index is 1.89. The van der Waals surface area contributed by atoms with Gasteiger partial charge in [-0.05, 0) is 11.8 Å². The Bertz CT molecular complexity index is 294. The molecule has 2 fully saturated rings. The second-order valence-corrected chi connectivity index (χ2v) is 4.06. The summed E-state index contributed by atoms with van der Waals surface area (Å²) in [4.78, 5) is 28.5. The molecule has 2 rings (SSSR count). The Kier molecular flexibility index (Phi) is 2.30. The molecule has 1 aliphatic heterocycles. The van der Waals surface area contributed by atoms with Gasteiger partial charge >= 0.3 is 6.09 Å². The van der Waals surface area contributed by atoms with Crippen LogP contribution in [-0.2, 0) is 9.63 Å². The van der Waals surface area contributed by atoms with Crippen LogP contribution in [0.3, 0.4) is 0 Å². The molecule has 1 heterocycles. The molecule has 0 aromatic heterocycles. The van der Waals surface area contributed by atoms with Crippen LogP contribution in [0, 0.1) is 17.8 Å². The first-order chi connectivity index (χ1) is 7.06. The lowest BCUT2D eigenvalue weighted by atomic mass is 10.2. The van der Waals surface area contributed by atoms with Crippen LogP contribution >= 0.6 is 0 Å². The molecule has 0 aromatic rings. The quantitative estimate of drug-likeness (QED) is 0.650. The summed E-state index contributed by atoms with van der Waals surface area (Å²) in [7, 11) is 3.02. The first-order valence-electron chi connectivity index (χ1n) is 4.85. The van der Waals surface area contributed by atoms with Crippen molar-refractivity contribution in [2.75, 3.05) is 27.2 Å². The van der Waals surface area contributed by atoms with Crippen LogP contribution in [0.25, 0.3) is 0 Å². The van der Waals surface area contributed by atoms with Crippen molar-refractivity contribution >= 4 is 12.0 Å². The maximum atomic E-state index is 11.7. The van der Waals surface area contributed by atoms with Gasteiger partial charge in [-0.1, -0.05) is 0 Å². The number of carbonyl (C=O) groups excluding carboxylic acids is 1. The van der Waals surface area contributed by atoms with Crippen LogP contribution < -0.4 is 0 Å². The second kappa shape index (κ2) is 3.37. The van der Waals surface area contributed by atoms with Crippen molar-refractivity contribution in [2.45, 2.75) is 0 Å². The minimum Gasteiger partial charge on any atom is -0.465 e. The van der Waals surface area contributed by atoms with E-state index in [1.165, 1.54) is 17.1 Å². The lowest BCUT2D eigenvalue weighted by Crippen LogP contribution is -2.34. The Morgan fingerprint density at radius 3 is 2.33 bits per heavy atom. The molecule has 1 aliphatic carbocycles. The van der Waals surface area contributed by atoms with Gasteiger partial charge in [0, 0.05) is 20.1 Å². The summed E-state index contributed by atoms with van der Waals surface area (Å²) in [6.07, 6.45) is -0.895. The second-order valence-electron chi connectivity index (χ2n) is 4.06. The molecular formula is C9H14N2O4. The van der Waals surface area contributed by atoms with Crippen molar-refractivity contribution in [3.8, 4) is 0 Å². The predicted molar refractivity (Wildman–Crippen MR) is 49.8 cm³/mol. The molecule has 84 valence electrons. The number of carboxylic acid groups (broad SMARTS) is 1. The van der Waals surface area contributed by atoms with E-state index in [9.17, 15) is 9.59 Å². The van der Waals surface area contributed by atoms with E-state index < -0.39 is 6.09 Å². The summed E-state index contributed by atoms with van der Waals surface area (Å²) in [5.74, 6) is 0.320. The van der Waals surface area contributed by atoms with Gasteiger partial charge in [-0.3, -0.25) is 9.63 Å². The van der Waals surface area contributed by atoms with Crippen LogP contribution in [0.15, 0.2) is 0 Å². The van der Waals surface area contributed by atoms with E-state index in [1.807, 2.05) is 0 Å². The standard InChI is InChI=1S/C9H14N2O4/c1-10(15-2)8(12)7-5-3-11(9(13)14)4-6(5)7/h5-7H,3-4H2,1-2H3,(H,13,14)/t5-,6+,7+. The number of piperidine rings is 1. The molecule has 1 N–H and O–H groups in total. The van der Waals surface area contributed by atoms with Crippen molar-refractivity contribution in [3.63, 3.8) is 0 Å². The minimum atomic E-state index is -0.895. The Morgan fingerprint density at radius 2 is 1.93 bits per heavy atom. The van der Waals surface area contributed by atoms with E-state index in [0.29, 0.717) is 13.1 Å². The van der Waals surface area contributed by atoms with Gasteiger partial charge in [0.1, 0.15) is 0 Å². The van der Waals surface area contributed by atoms with Gasteiger partial charge in [0.05, 0.1) is 13.0 Å². The van der Waals surface area contributed by atoms with Gasteiger partial charge in [0.25, 0.3) is 0 Å².